The first-order chi connectivity index (χ1) is 9.16. The van der Waals surface area contributed by atoms with Gasteiger partial charge in [0.2, 0.25) is 0 Å². The van der Waals surface area contributed by atoms with Crippen LogP contribution in [-0.4, -0.2) is 17.0 Å². The fourth-order valence-electron chi connectivity index (χ4n) is 3.23. The van der Waals surface area contributed by atoms with E-state index in [0.717, 1.165) is 18.3 Å². The first kappa shape index (κ1) is 14.4. The minimum atomic E-state index is 0.601. The van der Waals surface area contributed by atoms with Crippen LogP contribution >= 0.6 is 0 Å². The minimum Gasteiger partial charge on any atom is -0.399 e. The van der Waals surface area contributed by atoms with Crippen LogP contribution in [0, 0.1) is 0 Å². The van der Waals surface area contributed by atoms with Crippen molar-refractivity contribution in [3.8, 4) is 0 Å². The molecule has 1 aliphatic carbocycles. The topological polar surface area (TPSA) is 29.3 Å². The zero-order chi connectivity index (χ0) is 13.7. The average molecular weight is 260 g/mol. The summed E-state index contributed by atoms with van der Waals surface area (Å²) in [5.74, 6) is 0. The fourth-order valence-corrected chi connectivity index (χ4v) is 3.23. The lowest BCUT2D eigenvalue weighted by Crippen LogP contribution is -2.39. The molecule has 0 bridgehead atoms. The van der Waals surface area contributed by atoms with Crippen molar-refractivity contribution < 1.29 is 0 Å². The Kier molecular flexibility index (Phi) is 5.26. The molecule has 106 valence electrons. The molecule has 1 aliphatic rings. The van der Waals surface area contributed by atoms with Crippen molar-refractivity contribution in [2.45, 2.75) is 71.0 Å². The van der Waals surface area contributed by atoms with Gasteiger partial charge in [0.05, 0.1) is 0 Å². The Balaban J connectivity index is 2.06. The third-order valence-corrected chi connectivity index (χ3v) is 4.27. The van der Waals surface area contributed by atoms with Crippen LogP contribution in [-0.2, 0) is 6.54 Å². The van der Waals surface area contributed by atoms with Crippen LogP contribution in [0.2, 0.25) is 0 Å². The van der Waals surface area contributed by atoms with E-state index in [4.69, 9.17) is 5.73 Å². The highest BCUT2D eigenvalue weighted by Gasteiger charge is 2.22. The highest BCUT2D eigenvalue weighted by Crippen LogP contribution is 2.25. The maximum atomic E-state index is 5.90. The molecule has 2 nitrogen and oxygen atoms in total. The fraction of sp³-hybridized carbons (Fsp3) is 0.647. The Hall–Kier alpha value is -1.02. The van der Waals surface area contributed by atoms with Gasteiger partial charge in [-0.05, 0) is 44.4 Å². The Morgan fingerprint density at radius 1 is 1.16 bits per heavy atom. The Labute approximate surface area is 118 Å². The third kappa shape index (κ3) is 4.24. The first-order valence-corrected chi connectivity index (χ1v) is 7.77. The van der Waals surface area contributed by atoms with Crippen LogP contribution in [0.4, 0.5) is 5.69 Å². The number of nitrogens with zero attached hydrogens (tertiary/aromatic N) is 1. The second-order valence-electron chi connectivity index (χ2n) is 6.16. The van der Waals surface area contributed by atoms with Gasteiger partial charge in [0.1, 0.15) is 0 Å². The third-order valence-electron chi connectivity index (χ3n) is 4.27. The van der Waals surface area contributed by atoms with Gasteiger partial charge in [-0.1, -0.05) is 37.8 Å². The number of anilines is 1. The molecule has 0 saturated heterocycles. The van der Waals surface area contributed by atoms with E-state index in [9.17, 15) is 0 Å². The molecule has 0 heterocycles. The van der Waals surface area contributed by atoms with E-state index in [2.05, 4.69) is 36.9 Å². The molecule has 2 N–H and O–H groups in total. The van der Waals surface area contributed by atoms with Crippen LogP contribution in [0.25, 0.3) is 0 Å². The van der Waals surface area contributed by atoms with E-state index >= 15 is 0 Å². The predicted molar refractivity (Wildman–Crippen MR) is 83.0 cm³/mol. The van der Waals surface area contributed by atoms with Gasteiger partial charge in [-0.25, -0.2) is 0 Å². The summed E-state index contributed by atoms with van der Waals surface area (Å²) in [5.41, 5.74) is 8.12. The van der Waals surface area contributed by atoms with Gasteiger partial charge in [0.25, 0.3) is 0 Å². The number of nitrogens with two attached hydrogens (primary N) is 1. The number of hydrogen-bond donors (Lipinski definition) is 1. The SMILES string of the molecule is CC(C)N(Cc1cccc(N)c1)C1CCCCCC1. The second-order valence-corrected chi connectivity index (χ2v) is 6.16. The van der Waals surface area contributed by atoms with Crippen LogP contribution < -0.4 is 5.73 Å². The zero-order valence-corrected chi connectivity index (χ0v) is 12.4. The van der Waals surface area contributed by atoms with Crippen LogP contribution in [0.3, 0.4) is 0 Å². The van der Waals surface area contributed by atoms with Crippen LogP contribution in [0.1, 0.15) is 57.9 Å². The Morgan fingerprint density at radius 3 is 2.42 bits per heavy atom. The van der Waals surface area contributed by atoms with E-state index in [1.54, 1.807) is 0 Å². The molecule has 0 spiro atoms. The minimum absolute atomic E-state index is 0.601. The molecule has 0 aromatic heterocycles. The highest BCUT2D eigenvalue weighted by molar-refractivity contribution is 5.40. The lowest BCUT2D eigenvalue weighted by Gasteiger charge is -2.34. The van der Waals surface area contributed by atoms with E-state index in [1.165, 1.54) is 44.1 Å². The average Bonchev–Trinajstić information content (AvgIpc) is 2.64. The molecule has 1 saturated carbocycles. The van der Waals surface area contributed by atoms with Crippen molar-refractivity contribution in [1.29, 1.82) is 0 Å². The number of hydrogen-bond acceptors (Lipinski definition) is 2. The predicted octanol–water partition coefficient (Wildman–Crippen LogP) is 4.20. The zero-order valence-electron chi connectivity index (χ0n) is 12.4. The molecule has 1 aromatic rings. The van der Waals surface area contributed by atoms with Gasteiger partial charge in [-0.3, -0.25) is 4.90 Å². The molecular formula is C17H28N2. The van der Waals surface area contributed by atoms with Crippen molar-refractivity contribution in [1.82, 2.24) is 4.90 Å². The smallest absolute Gasteiger partial charge is 0.0317 e. The first-order valence-electron chi connectivity index (χ1n) is 7.77. The molecule has 1 fully saturated rings. The molecule has 0 amide bonds. The molecule has 0 aliphatic heterocycles. The van der Waals surface area contributed by atoms with E-state index < -0.39 is 0 Å². The summed E-state index contributed by atoms with van der Waals surface area (Å²) in [6.07, 6.45) is 8.35. The quantitative estimate of drug-likeness (QED) is 0.649. The summed E-state index contributed by atoms with van der Waals surface area (Å²) in [4.78, 5) is 2.67. The number of benzene rings is 1. The molecule has 0 radical (unpaired) electrons. The lowest BCUT2D eigenvalue weighted by atomic mass is 10.0. The van der Waals surface area contributed by atoms with Crippen molar-refractivity contribution in [3.05, 3.63) is 29.8 Å². The van der Waals surface area contributed by atoms with Gasteiger partial charge >= 0.3 is 0 Å². The molecule has 1 aromatic carbocycles. The van der Waals surface area contributed by atoms with E-state index in [0.29, 0.717) is 6.04 Å². The standard InChI is InChI=1S/C17H28N2/c1-14(2)19(17-10-5-3-4-6-11-17)13-15-8-7-9-16(18)12-15/h7-9,12,14,17H,3-6,10-11,13,18H2,1-2H3. The van der Waals surface area contributed by atoms with Crippen LogP contribution in [0.15, 0.2) is 24.3 Å². The monoisotopic (exact) mass is 260 g/mol. The number of rotatable bonds is 4. The van der Waals surface area contributed by atoms with Crippen molar-refractivity contribution in [2.75, 3.05) is 5.73 Å². The summed E-state index contributed by atoms with van der Waals surface area (Å²) in [6, 6.07) is 9.70. The van der Waals surface area contributed by atoms with Crippen LogP contribution in [0.5, 0.6) is 0 Å². The van der Waals surface area contributed by atoms with Gasteiger partial charge in [-0.2, -0.15) is 0 Å². The molecule has 19 heavy (non-hydrogen) atoms. The summed E-state index contributed by atoms with van der Waals surface area (Å²) >= 11 is 0. The van der Waals surface area contributed by atoms with Crippen molar-refractivity contribution >= 4 is 5.69 Å². The Morgan fingerprint density at radius 2 is 1.84 bits per heavy atom. The summed E-state index contributed by atoms with van der Waals surface area (Å²) < 4.78 is 0. The highest BCUT2D eigenvalue weighted by atomic mass is 15.2. The van der Waals surface area contributed by atoms with Gasteiger partial charge in [0, 0.05) is 24.3 Å². The maximum absolute atomic E-state index is 5.90. The largest absolute Gasteiger partial charge is 0.399 e. The van der Waals surface area contributed by atoms with E-state index in [1.807, 2.05) is 6.07 Å². The maximum Gasteiger partial charge on any atom is 0.0317 e. The lowest BCUT2D eigenvalue weighted by molar-refractivity contribution is 0.130. The number of nitrogen functional groups attached to an aromatic ring is 1. The summed E-state index contributed by atoms with van der Waals surface area (Å²) in [6.45, 7) is 5.67. The molecule has 0 unspecified atom stereocenters. The normalized spacial score (nSPS) is 17.9. The van der Waals surface area contributed by atoms with E-state index in [-0.39, 0.29) is 0 Å². The van der Waals surface area contributed by atoms with Gasteiger partial charge in [0.15, 0.2) is 0 Å². The summed E-state index contributed by atoms with van der Waals surface area (Å²) in [7, 11) is 0. The van der Waals surface area contributed by atoms with Gasteiger partial charge < -0.3 is 5.73 Å². The Bertz CT molecular complexity index is 379. The molecular weight excluding hydrogens is 232 g/mol. The molecule has 2 heteroatoms. The molecule has 0 atom stereocenters. The second kappa shape index (κ2) is 6.95. The molecule has 2 rings (SSSR count). The summed E-state index contributed by atoms with van der Waals surface area (Å²) in [5, 5.41) is 0. The van der Waals surface area contributed by atoms with Gasteiger partial charge in [-0.15, -0.1) is 0 Å². The van der Waals surface area contributed by atoms with Crippen molar-refractivity contribution in [3.63, 3.8) is 0 Å². The van der Waals surface area contributed by atoms with Crippen molar-refractivity contribution in [2.24, 2.45) is 0 Å².